The fourth-order valence-electron chi connectivity index (χ4n) is 2.90. The molecule has 0 aromatic heterocycles. The van der Waals surface area contributed by atoms with Crippen molar-refractivity contribution < 1.29 is 14.3 Å². The number of nitrogens with one attached hydrogen (secondary N) is 1. The van der Waals surface area contributed by atoms with Crippen LogP contribution in [0.25, 0.3) is 0 Å². The van der Waals surface area contributed by atoms with E-state index in [1.165, 1.54) is 0 Å². The van der Waals surface area contributed by atoms with Crippen LogP contribution in [0.2, 0.25) is 0 Å². The second-order valence-corrected chi connectivity index (χ2v) is 5.75. The molecule has 0 bridgehead atoms. The van der Waals surface area contributed by atoms with Crippen LogP contribution in [0.15, 0.2) is 4.99 Å². The van der Waals surface area contributed by atoms with Crippen LogP contribution in [0.5, 0.6) is 0 Å². The number of ether oxygens (including phenoxy) is 2. The topological polar surface area (TPSA) is 66.4 Å². The van der Waals surface area contributed by atoms with Gasteiger partial charge in [0.1, 0.15) is 6.10 Å². The van der Waals surface area contributed by atoms with Gasteiger partial charge in [-0.1, -0.05) is 0 Å². The van der Waals surface area contributed by atoms with E-state index in [0.29, 0.717) is 19.8 Å². The Balaban J connectivity index is 0.00000288. The lowest BCUT2D eigenvalue weighted by Gasteiger charge is -2.37. The van der Waals surface area contributed by atoms with Crippen LogP contribution < -0.4 is 5.32 Å². The van der Waals surface area contributed by atoms with Gasteiger partial charge in [0.05, 0.1) is 13.2 Å². The molecule has 8 heteroatoms. The number of aliphatic imine (C=N–C) groups is 1. The summed E-state index contributed by atoms with van der Waals surface area (Å²) in [4.78, 5) is 21.1. The predicted molar refractivity (Wildman–Crippen MR) is 105 cm³/mol. The van der Waals surface area contributed by atoms with Gasteiger partial charge in [-0.3, -0.25) is 9.79 Å². The molecule has 140 valence electrons. The van der Waals surface area contributed by atoms with Crippen LogP contribution in [0.3, 0.4) is 0 Å². The van der Waals surface area contributed by atoms with E-state index in [0.717, 1.165) is 58.1 Å². The van der Waals surface area contributed by atoms with Crippen molar-refractivity contribution in [2.75, 3.05) is 59.1 Å². The van der Waals surface area contributed by atoms with Crippen LogP contribution in [-0.4, -0.2) is 86.9 Å². The van der Waals surface area contributed by atoms with Gasteiger partial charge >= 0.3 is 0 Å². The Kier molecular flexibility index (Phi) is 10.6. The van der Waals surface area contributed by atoms with Gasteiger partial charge in [-0.25, -0.2) is 0 Å². The minimum absolute atomic E-state index is 0. The highest BCUT2D eigenvalue weighted by atomic mass is 127. The SMILES string of the molecule is CCNC(=NCCOCC)N1CCN(C(=O)C2CCCO2)CC1.I. The van der Waals surface area contributed by atoms with Crippen LogP contribution in [0, 0.1) is 0 Å². The number of hydrogen-bond donors (Lipinski definition) is 1. The summed E-state index contributed by atoms with van der Waals surface area (Å²) in [5.74, 6) is 1.07. The van der Waals surface area contributed by atoms with E-state index in [1.807, 2.05) is 11.8 Å². The molecule has 1 N–H and O–H groups in total. The van der Waals surface area contributed by atoms with Crippen molar-refractivity contribution >= 4 is 35.8 Å². The summed E-state index contributed by atoms with van der Waals surface area (Å²) in [6.07, 6.45) is 1.64. The molecule has 7 nitrogen and oxygen atoms in total. The first-order valence-electron chi connectivity index (χ1n) is 8.77. The maximum absolute atomic E-state index is 12.4. The van der Waals surface area contributed by atoms with Gasteiger partial charge in [0.2, 0.25) is 0 Å². The maximum atomic E-state index is 12.4. The van der Waals surface area contributed by atoms with Gasteiger partial charge in [-0.15, -0.1) is 24.0 Å². The molecule has 2 rings (SSSR count). The molecular weight excluding hydrogens is 423 g/mol. The third-order valence-corrected chi connectivity index (χ3v) is 4.13. The fraction of sp³-hybridized carbons (Fsp3) is 0.875. The van der Waals surface area contributed by atoms with E-state index >= 15 is 0 Å². The molecule has 0 aromatic carbocycles. The Morgan fingerprint density at radius 3 is 2.54 bits per heavy atom. The molecule has 0 saturated carbocycles. The number of rotatable bonds is 6. The molecule has 0 aromatic rings. The maximum Gasteiger partial charge on any atom is 0.251 e. The van der Waals surface area contributed by atoms with E-state index in [4.69, 9.17) is 9.47 Å². The number of hydrogen-bond acceptors (Lipinski definition) is 4. The minimum Gasteiger partial charge on any atom is -0.380 e. The van der Waals surface area contributed by atoms with Gasteiger partial charge in [-0.2, -0.15) is 0 Å². The molecule has 1 unspecified atom stereocenters. The Bertz CT molecular complexity index is 395. The standard InChI is InChI=1S/C16H30N4O3.HI/c1-3-17-16(18-7-13-22-4-2)20-10-8-19(9-11-20)15(21)14-6-5-12-23-14;/h14H,3-13H2,1-2H3,(H,17,18);1H. The molecule has 0 radical (unpaired) electrons. The van der Waals surface area contributed by atoms with Crippen molar-refractivity contribution in [3.8, 4) is 0 Å². The first-order chi connectivity index (χ1) is 11.3. The first-order valence-corrected chi connectivity index (χ1v) is 8.77. The average molecular weight is 454 g/mol. The smallest absolute Gasteiger partial charge is 0.251 e. The zero-order valence-electron chi connectivity index (χ0n) is 14.8. The number of guanidine groups is 1. The van der Waals surface area contributed by atoms with E-state index in [1.54, 1.807) is 0 Å². The first kappa shape index (κ1) is 21.4. The third-order valence-electron chi connectivity index (χ3n) is 4.13. The van der Waals surface area contributed by atoms with Crippen LogP contribution in [0.1, 0.15) is 26.7 Å². The van der Waals surface area contributed by atoms with Crippen molar-refractivity contribution in [2.45, 2.75) is 32.8 Å². The molecule has 24 heavy (non-hydrogen) atoms. The second-order valence-electron chi connectivity index (χ2n) is 5.75. The highest BCUT2D eigenvalue weighted by molar-refractivity contribution is 14.0. The molecule has 1 amide bonds. The third kappa shape index (κ3) is 6.36. The summed E-state index contributed by atoms with van der Waals surface area (Å²) in [7, 11) is 0. The number of nitrogens with zero attached hydrogens (tertiary/aromatic N) is 3. The molecule has 2 heterocycles. The van der Waals surface area contributed by atoms with Crippen LogP contribution >= 0.6 is 24.0 Å². The zero-order chi connectivity index (χ0) is 16.5. The number of halogens is 1. The molecule has 2 aliphatic rings. The Morgan fingerprint density at radius 2 is 1.96 bits per heavy atom. The lowest BCUT2D eigenvalue weighted by atomic mass is 10.2. The fourth-order valence-corrected chi connectivity index (χ4v) is 2.90. The second kappa shape index (κ2) is 11.9. The highest BCUT2D eigenvalue weighted by Gasteiger charge is 2.30. The van der Waals surface area contributed by atoms with Gasteiger partial charge in [0.15, 0.2) is 5.96 Å². The Hall–Kier alpha value is -0.610. The molecular formula is C16H31IN4O3. The number of carbonyl (C=O) groups is 1. The predicted octanol–water partition coefficient (Wildman–Crippen LogP) is 0.930. The number of amides is 1. The lowest BCUT2D eigenvalue weighted by Crippen LogP contribution is -2.55. The number of carbonyl (C=O) groups excluding carboxylic acids is 1. The zero-order valence-corrected chi connectivity index (χ0v) is 17.2. The summed E-state index contributed by atoms with van der Waals surface area (Å²) in [6.45, 7) is 10.7. The molecule has 0 aliphatic carbocycles. The highest BCUT2D eigenvalue weighted by Crippen LogP contribution is 2.16. The van der Waals surface area contributed by atoms with Crippen molar-refractivity contribution in [1.29, 1.82) is 0 Å². The van der Waals surface area contributed by atoms with Crippen molar-refractivity contribution in [2.24, 2.45) is 4.99 Å². The van der Waals surface area contributed by atoms with E-state index in [-0.39, 0.29) is 36.0 Å². The van der Waals surface area contributed by atoms with Gasteiger partial charge < -0.3 is 24.6 Å². The van der Waals surface area contributed by atoms with Crippen LogP contribution in [0.4, 0.5) is 0 Å². The van der Waals surface area contributed by atoms with Crippen molar-refractivity contribution in [1.82, 2.24) is 15.1 Å². The summed E-state index contributed by atoms with van der Waals surface area (Å²) < 4.78 is 10.8. The molecule has 2 aliphatic heterocycles. The van der Waals surface area contributed by atoms with Crippen LogP contribution in [-0.2, 0) is 14.3 Å². The molecule has 1 atom stereocenters. The molecule has 0 spiro atoms. The summed E-state index contributed by atoms with van der Waals surface area (Å²) >= 11 is 0. The van der Waals surface area contributed by atoms with Gasteiger partial charge in [0, 0.05) is 45.9 Å². The summed E-state index contributed by atoms with van der Waals surface area (Å²) in [5, 5.41) is 3.32. The van der Waals surface area contributed by atoms with E-state index < -0.39 is 0 Å². The largest absolute Gasteiger partial charge is 0.380 e. The van der Waals surface area contributed by atoms with Gasteiger partial charge in [0.25, 0.3) is 5.91 Å². The average Bonchev–Trinajstić information content (AvgIpc) is 3.12. The Morgan fingerprint density at radius 1 is 1.25 bits per heavy atom. The summed E-state index contributed by atoms with van der Waals surface area (Å²) in [5.41, 5.74) is 0. The molecule has 2 fully saturated rings. The van der Waals surface area contributed by atoms with Crippen molar-refractivity contribution in [3.63, 3.8) is 0 Å². The van der Waals surface area contributed by atoms with Crippen molar-refractivity contribution in [3.05, 3.63) is 0 Å². The monoisotopic (exact) mass is 454 g/mol. The molecule has 2 saturated heterocycles. The quantitative estimate of drug-likeness (QED) is 0.280. The van der Waals surface area contributed by atoms with E-state index in [2.05, 4.69) is 22.1 Å². The lowest BCUT2D eigenvalue weighted by molar-refractivity contribution is -0.142. The van der Waals surface area contributed by atoms with E-state index in [9.17, 15) is 4.79 Å². The summed E-state index contributed by atoms with van der Waals surface area (Å²) in [6, 6.07) is 0. The normalized spacial score (nSPS) is 21.6. The Labute approximate surface area is 162 Å². The number of piperazine rings is 1. The van der Waals surface area contributed by atoms with Gasteiger partial charge in [-0.05, 0) is 26.7 Å². The minimum atomic E-state index is -0.213.